The van der Waals surface area contributed by atoms with E-state index in [2.05, 4.69) is 10.3 Å². The lowest BCUT2D eigenvalue weighted by molar-refractivity contribution is -0.121. The number of rotatable bonds is 5. The van der Waals surface area contributed by atoms with Crippen LogP contribution in [0, 0.1) is 0 Å². The largest absolute Gasteiger partial charge is 0.493 e. The summed E-state index contributed by atoms with van der Waals surface area (Å²) < 4.78 is 10.6. The molecular weight excluding hydrogens is 362 g/mol. The molecular formula is C17H22ClN3O3S. The van der Waals surface area contributed by atoms with Gasteiger partial charge < -0.3 is 20.5 Å². The van der Waals surface area contributed by atoms with Crippen molar-refractivity contribution in [2.45, 2.75) is 31.2 Å². The molecule has 1 amide bonds. The number of carbonyl (C=O) groups is 1. The van der Waals surface area contributed by atoms with Crippen molar-refractivity contribution in [3.05, 3.63) is 23.6 Å². The molecule has 1 fully saturated rings. The molecule has 25 heavy (non-hydrogen) atoms. The summed E-state index contributed by atoms with van der Waals surface area (Å²) in [4.78, 5) is 16.8. The second-order valence-corrected chi connectivity index (χ2v) is 6.78. The summed E-state index contributed by atoms with van der Waals surface area (Å²) in [5.41, 5.74) is 7.09. The molecule has 1 aromatic carbocycles. The van der Waals surface area contributed by atoms with Crippen LogP contribution in [-0.4, -0.2) is 30.6 Å². The highest BCUT2D eigenvalue weighted by Gasteiger charge is 2.37. The van der Waals surface area contributed by atoms with Gasteiger partial charge in [-0.05, 0) is 31.0 Å². The van der Waals surface area contributed by atoms with Crippen molar-refractivity contribution in [1.82, 2.24) is 4.98 Å². The predicted octanol–water partition coefficient (Wildman–Crippen LogP) is 3.46. The maximum absolute atomic E-state index is 12.4. The van der Waals surface area contributed by atoms with Crippen molar-refractivity contribution in [2.75, 3.05) is 19.5 Å². The first-order valence-electron chi connectivity index (χ1n) is 7.84. The Morgan fingerprint density at radius 1 is 1.24 bits per heavy atom. The van der Waals surface area contributed by atoms with Crippen LogP contribution in [0.4, 0.5) is 5.13 Å². The van der Waals surface area contributed by atoms with Crippen molar-refractivity contribution in [3.8, 4) is 22.8 Å². The SMILES string of the molecule is COc1ccc(-c2csc(NC(=O)C3(N)CCCC3)n2)cc1OC.Cl. The molecule has 2 aromatic rings. The number of anilines is 1. The molecule has 0 bridgehead atoms. The number of nitrogens with two attached hydrogens (primary N) is 1. The number of methoxy groups -OCH3 is 2. The number of benzene rings is 1. The van der Waals surface area contributed by atoms with Gasteiger partial charge in [0, 0.05) is 10.9 Å². The zero-order chi connectivity index (χ0) is 17.2. The second-order valence-electron chi connectivity index (χ2n) is 5.93. The molecule has 1 heterocycles. The molecule has 0 atom stereocenters. The third-order valence-corrected chi connectivity index (χ3v) is 5.11. The number of thiazole rings is 1. The van der Waals surface area contributed by atoms with Gasteiger partial charge in [0.1, 0.15) is 0 Å². The summed E-state index contributed by atoms with van der Waals surface area (Å²) in [7, 11) is 3.19. The number of amides is 1. The van der Waals surface area contributed by atoms with E-state index in [9.17, 15) is 4.79 Å². The van der Waals surface area contributed by atoms with Crippen molar-refractivity contribution in [1.29, 1.82) is 0 Å². The van der Waals surface area contributed by atoms with E-state index in [1.54, 1.807) is 14.2 Å². The number of nitrogens with one attached hydrogen (secondary N) is 1. The van der Waals surface area contributed by atoms with Gasteiger partial charge in [0.25, 0.3) is 0 Å². The standard InChI is InChI=1S/C17H21N3O3S.ClH/c1-22-13-6-5-11(9-14(13)23-2)12-10-24-16(19-12)20-15(21)17(18)7-3-4-8-17;/h5-6,9-10H,3-4,7-8,18H2,1-2H3,(H,19,20,21);1H. The fraction of sp³-hybridized carbons (Fsp3) is 0.412. The highest BCUT2D eigenvalue weighted by atomic mass is 35.5. The van der Waals surface area contributed by atoms with E-state index in [4.69, 9.17) is 15.2 Å². The molecule has 1 aromatic heterocycles. The minimum absolute atomic E-state index is 0. The van der Waals surface area contributed by atoms with Gasteiger partial charge >= 0.3 is 0 Å². The average molecular weight is 384 g/mol. The normalized spacial score (nSPS) is 15.3. The molecule has 0 saturated heterocycles. The quantitative estimate of drug-likeness (QED) is 0.825. The van der Waals surface area contributed by atoms with E-state index in [-0.39, 0.29) is 18.3 Å². The first kappa shape index (κ1) is 19.5. The van der Waals surface area contributed by atoms with Crippen molar-refractivity contribution < 1.29 is 14.3 Å². The Bertz CT molecular complexity index is 744. The molecule has 3 N–H and O–H groups in total. The van der Waals surface area contributed by atoms with Crippen LogP contribution in [0.2, 0.25) is 0 Å². The summed E-state index contributed by atoms with van der Waals surface area (Å²) in [6.45, 7) is 0. The van der Waals surface area contributed by atoms with Crippen LogP contribution in [0.5, 0.6) is 11.5 Å². The van der Waals surface area contributed by atoms with E-state index in [1.165, 1.54) is 11.3 Å². The molecule has 136 valence electrons. The van der Waals surface area contributed by atoms with Crippen LogP contribution in [-0.2, 0) is 4.79 Å². The molecule has 0 aliphatic heterocycles. The molecule has 0 radical (unpaired) electrons. The summed E-state index contributed by atoms with van der Waals surface area (Å²) in [6, 6.07) is 5.60. The first-order valence-corrected chi connectivity index (χ1v) is 8.72. The highest BCUT2D eigenvalue weighted by Crippen LogP contribution is 2.34. The minimum atomic E-state index is -0.755. The third-order valence-electron chi connectivity index (χ3n) is 4.35. The maximum atomic E-state index is 12.4. The van der Waals surface area contributed by atoms with Crippen molar-refractivity contribution in [2.24, 2.45) is 5.73 Å². The van der Waals surface area contributed by atoms with Gasteiger partial charge in [-0.2, -0.15) is 0 Å². The summed E-state index contributed by atoms with van der Waals surface area (Å²) in [5, 5.41) is 5.31. The molecule has 8 heteroatoms. The number of nitrogens with zero attached hydrogens (tertiary/aromatic N) is 1. The van der Waals surface area contributed by atoms with Gasteiger partial charge in [0.15, 0.2) is 16.6 Å². The predicted molar refractivity (Wildman–Crippen MR) is 102 cm³/mol. The molecule has 0 unspecified atom stereocenters. The number of halogens is 1. The Morgan fingerprint density at radius 3 is 2.56 bits per heavy atom. The lowest BCUT2D eigenvalue weighted by atomic mass is 9.98. The second kappa shape index (κ2) is 8.03. The van der Waals surface area contributed by atoms with E-state index >= 15 is 0 Å². The first-order chi connectivity index (χ1) is 11.6. The lowest BCUT2D eigenvalue weighted by Gasteiger charge is -2.21. The van der Waals surface area contributed by atoms with Crippen molar-refractivity contribution in [3.63, 3.8) is 0 Å². The minimum Gasteiger partial charge on any atom is -0.493 e. The topological polar surface area (TPSA) is 86.5 Å². The maximum Gasteiger partial charge on any atom is 0.246 e. The number of carbonyl (C=O) groups excluding carboxylic acids is 1. The molecule has 1 aliphatic rings. The number of ether oxygens (including phenoxy) is 2. The summed E-state index contributed by atoms with van der Waals surface area (Å²) >= 11 is 1.38. The Morgan fingerprint density at radius 2 is 1.92 bits per heavy atom. The summed E-state index contributed by atoms with van der Waals surface area (Å²) in [6.07, 6.45) is 3.46. The molecule has 3 rings (SSSR count). The van der Waals surface area contributed by atoms with Crippen LogP contribution >= 0.6 is 23.7 Å². The zero-order valence-electron chi connectivity index (χ0n) is 14.2. The monoisotopic (exact) mass is 383 g/mol. The van der Waals surface area contributed by atoms with Gasteiger partial charge in [-0.1, -0.05) is 12.8 Å². The van der Waals surface area contributed by atoms with Crippen LogP contribution in [0.1, 0.15) is 25.7 Å². The van der Waals surface area contributed by atoms with Gasteiger partial charge in [0.05, 0.1) is 25.5 Å². The van der Waals surface area contributed by atoms with Crippen LogP contribution in [0.15, 0.2) is 23.6 Å². The Balaban J connectivity index is 0.00000225. The number of hydrogen-bond donors (Lipinski definition) is 2. The van der Waals surface area contributed by atoms with E-state index < -0.39 is 5.54 Å². The molecule has 0 spiro atoms. The lowest BCUT2D eigenvalue weighted by Crippen LogP contribution is -2.48. The molecule has 6 nitrogen and oxygen atoms in total. The summed E-state index contributed by atoms with van der Waals surface area (Å²) in [5.74, 6) is 1.16. The molecule has 1 aliphatic carbocycles. The van der Waals surface area contributed by atoms with Gasteiger partial charge in [-0.3, -0.25) is 4.79 Å². The smallest absolute Gasteiger partial charge is 0.246 e. The van der Waals surface area contributed by atoms with Crippen molar-refractivity contribution >= 4 is 34.8 Å². The molecule has 1 saturated carbocycles. The van der Waals surface area contributed by atoms with Gasteiger partial charge in [-0.15, -0.1) is 23.7 Å². The van der Waals surface area contributed by atoms with Crippen LogP contribution < -0.4 is 20.5 Å². The van der Waals surface area contributed by atoms with E-state index in [0.717, 1.165) is 36.9 Å². The third kappa shape index (κ3) is 4.05. The Labute approximate surface area is 157 Å². The van der Waals surface area contributed by atoms with Crippen LogP contribution in [0.25, 0.3) is 11.3 Å². The van der Waals surface area contributed by atoms with Crippen LogP contribution in [0.3, 0.4) is 0 Å². The Kier molecular flexibility index (Phi) is 6.26. The Hall–Kier alpha value is -1.83. The number of aromatic nitrogens is 1. The average Bonchev–Trinajstić information content (AvgIpc) is 3.24. The van der Waals surface area contributed by atoms with Gasteiger partial charge in [-0.25, -0.2) is 4.98 Å². The van der Waals surface area contributed by atoms with E-state index in [1.807, 2.05) is 23.6 Å². The fourth-order valence-corrected chi connectivity index (χ4v) is 3.63. The van der Waals surface area contributed by atoms with E-state index in [0.29, 0.717) is 16.6 Å². The zero-order valence-corrected chi connectivity index (χ0v) is 15.8. The highest BCUT2D eigenvalue weighted by molar-refractivity contribution is 7.14. The fourth-order valence-electron chi connectivity index (χ4n) is 2.91. The number of hydrogen-bond acceptors (Lipinski definition) is 6. The van der Waals surface area contributed by atoms with Gasteiger partial charge in [0.2, 0.25) is 5.91 Å².